The average Bonchev–Trinajstić information content (AvgIpc) is 2.47. The molecular weight excluding hydrogens is 315 g/mol. The number of alkyl halides is 3. The largest absolute Gasteiger partial charge is 0.511 e. The number of halogens is 3. The lowest BCUT2D eigenvalue weighted by atomic mass is 9.86. The molecule has 0 bridgehead atoms. The van der Waals surface area contributed by atoms with Crippen molar-refractivity contribution < 1.29 is 21.6 Å². The molecule has 0 aliphatic carbocycles. The Bertz CT molecular complexity index is 689. The highest BCUT2D eigenvalue weighted by Crippen LogP contribution is 2.33. The lowest BCUT2D eigenvalue weighted by molar-refractivity contribution is -0.0454. The van der Waals surface area contributed by atoms with Gasteiger partial charge in [0.1, 0.15) is 0 Å². The molecule has 0 spiro atoms. The van der Waals surface area contributed by atoms with Crippen molar-refractivity contribution in [3.8, 4) is 0 Å². The monoisotopic (exact) mass is 329 g/mol. The molecule has 7 heteroatoms. The van der Waals surface area contributed by atoms with Gasteiger partial charge < -0.3 is 0 Å². The van der Waals surface area contributed by atoms with Crippen LogP contribution in [0.3, 0.4) is 0 Å². The van der Waals surface area contributed by atoms with Gasteiger partial charge in [0.2, 0.25) is 0 Å². The van der Waals surface area contributed by atoms with Crippen LogP contribution in [-0.2, 0) is 15.6 Å². The first-order chi connectivity index (χ1) is 10.2. The van der Waals surface area contributed by atoms with E-state index >= 15 is 0 Å². The Kier molecular flexibility index (Phi) is 4.30. The average molecular weight is 329 g/mol. The molecule has 0 saturated heterocycles. The quantitative estimate of drug-likeness (QED) is 0.934. The summed E-state index contributed by atoms with van der Waals surface area (Å²) in [4.78, 5) is 0. The Labute approximate surface area is 126 Å². The van der Waals surface area contributed by atoms with Crippen LogP contribution in [0.1, 0.15) is 18.1 Å². The molecule has 0 atom stereocenters. The van der Waals surface area contributed by atoms with Gasteiger partial charge >= 0.3 is 15.5 Å². The molecule has 1 N–H and O–H groups in total. The fourth-order valence-corrected chi connectivity index (χ4v) is 3.04. The molecule has 2 aromatic carbocycles. The summed E-state index contributed by atoms with van der Waals surface area (Å²) in [6.45, 7) is 1.40. The van der Waals surface area contributed by atoms with Gasteiger partial charge in [-0.25, -0.2) is 8.42 Å². The van der Waals surface area contributed by atoms with Crippen molar-refractivity contribution in [2.24, 2.45) is 0 Å². The van der Waals surface area contributed by atoms with Crippen LogP contribution in [0.15, 0.2) is 60.7 Å². The highest BCUT2D eigenvalue weighted by molar-refractivity contribution is 7.90. The van der Waals surface area contributed by atoms with Crippen molar-refractivity contribution in [1.29, 1.82) is 0 Å². The minimum Gasteiger partial charge on any atom is -0.203 e. The standard InChI is InChI=1S/C15H14F3NO2S/c1-14(12-8-4-2-5-9-12,13-10-6-3-7-11-13)19-22(20,21)15(16,17)18/h2-11,19H,1H3. The number of hydrogen-bond acceptors (Lipinski definition) is 2. The lowest BCUT2D eigenvalue weighted by Gasteiger charge is -2.32. The highest BCUT2D eigenvalue weighted by Gasteiger charge is 2.49. The van der Waals surface area contributed by atoms with E-state index in [0.29, 0.717) is 11.1 Å². The second-order valence-electron chi connectivity index (χ2n) is 4.91. The molecule has 22 heavy (non-hydrogen) atoms. The Hall–Kier alpha value is -1.86. The zero-order valence-electron chi connectivity index (χ0n) is 11.6. The van der Waals surface area contributed by atoms with Gasteiger partial charge in [-0.3, -0.25) is 0 Å². The summed E-state index contributed by atoms with van der Waals surface area (Å²) in [7, 11) is -5.50. The summed E-state index contributed by atoms with van der Waals surface area (Å²) in [5, 5.41) is 0. The Morgan fingerprint density at radius 3 is 1.50 bits per heavy atom. The van der Waals surface area contributed by atoms with Crippen molar-refractivity contribution in [3.63, 3.8) is 0 Å². The second kappa shape index (κ2) is 5.73. The first-order valence-corrected chi connectivity index (χ1v) is 7.86. The summed E-state index contributed by atoms with van der Waals surface area (Å²) < 4.78 is 63.2. The zero-order chi connectivity index (χ0) is 16.4. The van der Waals surface area contributed by atoms with E-state index in [1.807, 2.05) is 0 Å². The van der Waals surface area contributed by atoms with Gasteiger partial charge in [0.15, 0.2) is 0 Å². The number of hydrogen-bond donors (Lipinski definition) is 1. The summed E-state index contributed by atoms with van der Waals surface area (Å²) in [6, 6.07) is 16.3. The predicted octanol–water partition coefficient (Wildman–Crippen LogP) is 3.39. The third-order valence-corrected chi connectivity index (χ3v) is 4.63. The van der Waals surface area contributed by atoms with Gasteiger partial charge in [-0.1, -0.05) is 60.7 Å². The third-order valence-electron chi connectivity index (χ3n) is 3.35. The molecule has 0 aliphatic rings. The van der Waals surface area contributed by atoms with Gasteiger partial charge in [-0.2, -0.15) is 17.9 Å². The topological polar surface area (TPSA) is 46.2 Å². The SMILES string of the molecule is CC(NS(=O)(=O)C(F)(F)F)(c1ccccc1)c1ccccc1. The van der Waals surface area contributed by atoms with E-state index in [4.69, 9.17) is 0 Å². The number of nitrogens with one attached hydrogen (secondary N) is 1. The van der Waals surface area contributed by atoms with Gasteiger partial charge in [-0.05, 0) is 18.1 Å². The summed E-state index contributed by atoms with van der Waals surface area (Å²) >= 11 is 0. The van der Waals surface area contributed by atoms with E-state index in [9.17, 15) is 21.6 Å². The first kappa shape index (κ1) is 16.5. The zero-order valence-corrected chi connectivity index (χ0v) is 12.4. The van der Waals surface area contributed by atoms with Gasteiger partial charge in [-0.15, -0.1) is 0 Å². The maximum absolute atomic E-state index is 12.7. The van der Waals surface area contributed by atoms with Crippen LogP contribution < -0.4 is 4.72 Å². The predicted molar refractivity (Wildman–Crippen MR) is 77.4 cm³/mol. The van der Waals surface area contributed by atoms with Crippen LogP contribution in [0.25, 0.3) is 0 Å². The van der Waals surface area contributed by atoms with E-state index in [1.54, 1.807) is 65.4 Å². The van der Waals surface area contributed by atoms with Crippen LogP contribution in [0.4, 0.5) is 13.2 Å². The van der Waals surface area contributed by atoms with E-state index in [-0.39, 0.29) is 0 Å². The first-order valence-electron chi connectivity index (χ1n) is 6.38. The molecule has 0 unspecified atom stereocenters. The maximum atomic E-state index is 12.7. The molecule has 3 nitrogen and oxygen atoms in total. The van der Waals surface area contributed by atoms with Crippen LogP contribution in [0.2, 0.25) is 0 Å². The molecule has 0 radical (unpaired) electrons. The third kappa shape index (κ3) is 3.15. The van der Waals surface area contributed by atoms with Crippen LogP contribution >= 0.6 is 0 Å². The molecule has 118 valence electrons. The van der Waals surface area contributed by atoms with Crippen molar-refractivity contribution in [2.45, 2.75) is 18.0 Å². The fourth-order valence-electron chi connectivity index (χ4n) is 2.15. The fraction of sp³-hybridized carbons (Fsp3) is 0.200. The number of sulfonamides is 1. The van der Waals surface area contributed by atoms with Crippen LogP contribution in [-0.4, -0.2) is 13.9 Å². The molecular formula is C15H14F3NO2S. The molecule has 0 heterocycles. The second-order valence-corrected chi connectivity index (χ2v) is 6.58. The van der Waals surface area contributed by atoms with E-state index in [2.05, 4.69) is 0 Å². The van der Waals surface area contributed by atoms with Crippen molar-refractivity contribution in [2.75, 3.05) is 0 Å². The highest BCUT2D eigenvalue weighted by atomic mass is 32.2. The van der Waals surface area contributed by atoms with E-state index < -0.39 is 21.1 Å². The van der Waals surface area contributed by atoms with Gasteiger partial charge in [0.05, 0.1) is 5.54 Å². The summed E-state index contributed by atoms with van der Waals surface area (Å²) in [6.07, 6.45) is 0. The van der Waals surface area contributed by atoms with Gasteiger partial charge in [0.25, 0.3) is 0 Å². The van der Waals surface area contributed by atoms with Gasteiger partial charge in [0, 0.05) is 0 Å². The number of benzene rings is 2. The summed E-state index contributed by atoms with van der Waals surface area (Å²) in [5.74, 6) is 0. The molecule has 0 aliphatic heterocycles. The molecule has 0 saturated carbocycles. The van der Waals surface area contributed by atoms with Crippen LogP contribution in [0, 0.1) is 0 Å². The van der Waals surface area contributed by atoms with E-state index in [1.165, 1.54) is 6.92 Å². The molecule has 0 fully saturated rings. The molecule has 0 amide bonds. The number of rotatable bonds is 4. The van der Waals surface area contributed by atoms with Crippen molar-refractivity contribution in [3.05, 3.63) is 71.8 Å². The smallest absolute Gasteiger partial charge is 0.203 e. The molecule has 0 aromatic heterocycles. The maximum Gasteiger partial charge on any atom is 0.511 e. The minimum absolute atomic E-state index is 0.411. The van der Waals surface area contributed by atoms with Crippen molar-refractivity contribution in [1.82, 2.24) is 4.72 Å². The Morgan fingerprint density at radius 2 is 1.18 bits per heavy atom. The molecule has 2 rings (SSSR count). The van der Waals surface area contributed by atoms with Crippen molar-refractivity contribution >= 4 is 10.0 Å². The molecule has 2 aromatic rings. The summed E-state index contributed by atoms with van der Waals surface area (Å²) in [5.41, 5.74) is -6.09. The Balaban J connectivity index is 2.58. The lowest BCUT2D eigenvalue weighted by Crippen LogP contribution is -2.49. The van der Waals surface area contributed by atoms with Crippen LogP contribution in [0.5, 0.6) is 0 Å². The Morgan fingerprint density at radius 1 is 0.818 bits per heavy atom. The minimum atomic E-state index is -5.50. The van der Waals surface area contributed by atoms with E-state index in [0.717, 1.165) is 0 Å². The normalized spacial score (nSPS) is 13.1.